The Kier molecular flexibility index (Phi) is 5.35. The van der Waals surface area contributed by atoms with Crippen molar-refractivity contribution in [2.45, 2.75) is 50.8 Å². The molecule has 2 heterocycles. The van der Waals surface area contributed by atoms with Crippen molar-refractivity contribution in [1.29, 1.82) is 0 Å². The number of nitrogens with zero attached hydrogens (tertiary/aromatic N) is 3. The molecule has 0 radical (unpaired) electrons. The number of benzene rings is 1. The molecule has 144 valence electrons. The summed E-state index contributed by atoms with van der Waals surface area (Å²) in [4.78, 5) is 4.66. The van der Waals surface area contributed by atoms with Crippen LogP contribution in [0.5, 0.6) is 0 Å². The van der Waals surface area contributed by atoms with Gasteiger partial charge in [0.05, 0.1) is 10.6 Å². The zero-order chi connectivity index (χ0) is 19.7. The van der Waals surface area contributed by atoms with Gasteiger partial charge >= 0.3 is 0 Å². The van der Waals surface area contributed by atoms with Crippen molar-refractivity contribution in [3.8, 4) is 0 Å². The van der Waals surface area contributed by atoms with Crippen molar-refractivity contribution in [3.05, 3.63) is 59.5 Å². The minimum absolute atomic E-state index is 0.00201. The Labute approximate surface area is 160 Å². The van der Waals surface area contributed by atoms with Crippen LogP contribution in [-0.2, 0) is 21.9 Å². The highest BCUT2D eigenvalue weighted by molar-refractivity contribution is 7.89. The first-order valence-electron chi connectivity index (χ1n) is 9.06. The predicted octanol–water partition coefficient (Wildman–Crippen LogP) is 3.25. The van der Waals surface area contributed by atoms with E-state index in [0.717, 1.165) is 28.9 Å². The summed E-state index contributed by atoms with van der Waals surface area (Å²) in [5.41, 5.74) is 3.87. The van der Waals surface area contributed by atoms with Gasteiger partial charge in [-0.3, -0.25) is 0 Å². The third kappa shape index (κ3) is 4.73. The highest BCUT2D eigenvalue weighted by atomic mass is 32.2. The Morgan fingerprint density at radius 3 is 2.52 bits per heavy atom. The van der Waals surface area contributed by atoms with Crippen molar-refractivity contribution in [3.63, 3.8) is 0 Å². The van der Waals surface area contributed by atoms with Gasteiger partial charge in [-0.2, -0.15) is 5.10 Å². The number of hydrogen-bond acceptors (Lipinski definition) is 4. The van der Waals surface area contributed by atoms with Crippen LogP contribution in [0.25, 0.3) is 5.65 Å². The smallest absolute Gasteiger partial charge is 0.237 e. The fourth-order valence-corrected chi connectivity index (χ4v) is 3.95. The lowest BCUT2D eigenvalue weighted by Gasteiger charge is -2.19. The first-order chi connectivity index (χ1) is 12.6. The second kappa shape index (κ2) is 7.40. The van der Waals surface area contributed by atoms with Crippen LogP contribution >= 0.6 is 0 Å². The molecule has 27 heavy (non-hydrogen) atoms. The summed E-state index contributed by atoms with van der Waals surface area (Å²) >= 11 is 0. The van der Waals surface area contributed by atoms with Gasteiger partial charge in [-0.1, -0.05) is 32.9 Å². The normalized spacial score (nSPS) is 12.6. The molecule has 0 saturated heterocycles. The number of aryl methyl sites for hydroxylation is 2. The number of fused-ring (bicyclic) bond motifs is 1. The lowest BCUT2D eigenvalue weighted by molar-refractivity contribution is 0.576. The Hall–Kier alpha value is -2.25. The Morgan fingerprint density at radius 1 is 1.15 bits per heavy atom. The molecule has 2 aromatic heterocycles. The first kappa shape index (κ1) is 19.5. The number of rotatable bonds is 6. The van der Waals surface area contributed by atoms with Crippen LogP contribution in [0.15, 0.2) is 47.6 Å². The number of sulfonamides is 1. The van der Waals surface area contributed by atoms with Crippen molar-refractivity contribution in [1.82, 2.24) is 19.3 Å². The average molecular weight is 387 g/mol. The Balaban J connectivity index is 1.56. The molecule has 6 nitrogen and oxygen atoms in total. The SMILES string of the molecule is Cc1cc2ncc(CCCNS(=O)(=O)c3ccc(C(C)(C)C)cc3)cn2n1. The predicted molar refractivity (Wildman–Crippen MR) is 106 cm³/mol. The molecule has 3 rings (SSSR count). The van der Waals surface area contributed by atoms with Crippen LogP contribution in [-0.4, -0.2) is 29.6 Å². The molecule has 0 bridgehead atoms. The molecule has 0 aliphatic rings. The third-order valence-electron chi connectivity index (χ3n) is 4.45. The topological polar surface area (TPSA) is 76.4 Å². The summed E-state index contributed by atoms with van der Waals surface area (Å²) < 4.78 is 29.3. The molecule has 0 aliphatic heterocycles. The minimum atomic E-state index is -3.49. The minimum Gasteiger partial charge on any atom is -0.237 e. The molecular formula is C20H26N4O2S. The van der Waals surface area contributed by atoms with E-state index in [4.69, 9.17) is 0 Å². The van der Waals surface area contributed by atoms with E-state index in [9.17, 15) is 8.42 Å². The van der Waals surface area contributed by atoms with Gasteiger partial charge < -0.3 is 0 Å². The number of aromatic nitrogens is 3. The van der Waals surface area contributed by atoms with Crippen LogP contribution in [0, 0.1) is 6.92 Å². The number of nitrogens with one attached hydrogen (secondary N) is 1. The zero-order valence-electron chi connectivity index (χ0n) is 16.2. The van der Waals surface area contributed by atoms with E-state index in [1.165, 1.54) is 0 Å². The van der Waals surface area contributed by atoms with E-state index in [-0.39, 0.29) is 5.41 Å². The van der Waals surface area contributed by atoms with Crippen molar-refractivity contribution < 1.29 is 8.42 Å². The van der Waals surface area contributed by atoms with E-state index < -0.39 is 10.0 Å². The molecule has 0 saturated carbocycles. The lowest BCUT2D eigenvalue weighted by Crippen LogP contribution is -2.25. The second-order valence-corrected chi connectivity index (χ2v) is 9.59. The van der Waals surface area contributed by atoms with Gasteiger partial charge in [0.1, 0.15) is 0 Å². The summed E-state index contributed by atoms with van der Waals surface area (Å²) in [5.74, 6) is 0. The lowest BCUT2D eigenvalue weighted by atomic mass is 9.87. The van der Waals surface area contributed by atoms with E-state index in [0.29, 0.717) is 17.9 Å². The molecule has 3 aromatic rings. The van der Waals surface area contributed by atoms with Gasteiger partial charge in [-0.05, 0) is 48.4 Å². The summed E-state index contributed by atoms with van der Waals surface area (Å²) in [7, 11) is -3.49. The molecule has 0 amide bonds. The zero-order valence-corrected chi connectivity index (χ0v) is 17.0. The molecule has 7 heteroatoms. The Bertz CT molecular complexity index is 1030. The van der Waals surface area contributed by atoms with Crippen LogP contribution in [0.4, 0.5) is 0 Å². The summed E-state index contributed by atoms with van der Waals surface area (Å²) in [6.45, 7) is 8.61. The van der Waals surface area contributed by atoms with E-state index in [2.05, 4.69) is 35.6 Å². The van der Waals surface area contributed by atoms with Crippen molar-refractivity contribution in [2.24, 2.45) is 0 Å². The highest BCUT2D eigenvalue weighted by Crippen LogP contribution is 2.23. The molecular weight excluding hydrogens is 360 g/mol. The first-order valence-corrected chi connectivity index (χ1v) is 10.5. The van der Waals surface area contributed by atoms with Gasteiger partial charge in [0.25, 0.3) is 0 Å². The summed E-state index contributed by atoms with van der Waals surface area (Å²) in [6.07, 6.45) is 5.17. The fraction of sp³-hybridized carbons (Fsp3) is 0.400. The molecule has 0 spiro atoms. The second-order valence-electron chi connectivity index (χ2n) is 7.83. The maximum absolute atomic E-state index is 12.4. The maximum atomic E-state index is 12.4. The average Bonchev–Trinajstić information content (AvgIpc) is 2.97. The quantitative estimate of drug-likeness (QED) is 0.660. The van der Waals surface area contributed by atoms with Crippen LogP contribution in [0.2, 0.25) is 0 Å². The van der Waals surface area contributed by atoms with Crippen molar-refractivity contribution in [2.75, 3.05) is 6.54 Å². The van der Waals surface area contributed by atoms with E-state index >= 15 is 0 Å². The standard InChI is InChI=1S/C20H26N4O2S/c1-15-12-19-21-13-16(14-24(19)23-15)6-5-11-22-27(25,26)18-9-7-17(8-10-18)20(2,3)4/h7-10,12-14,22H,5-6,11H2,1-4H3. The highest BCUT2D eigenvalue weighted by Gasteiger charge is 2.17. The van der Waals surface area contributed by atoms with Gasteiger partial charge in [0.2, 0.25) is 10.0 Å². The number of hydrogen-bond donors (Lipinski definition) is 1. The summed E-state index contributed by atoms with van der Waals surface area (Å²) in [5, 5.41) is 4.35. The van der Waals surface area contributed by atoms with E-state index in [1.807, 2.05) is 37.5 Å². The van der Waals surface area contributed by atoms with Gasteiger partial charge in [-0.15, -0.1) is 0 Å². The molecule has 0 unspecified atom stereocenters. The third-order valence-corrected chi connectivity index (χ3v) is 5.93. The monoisotopic (exact) mass is 386 g/mol. The van der Waals surface area contributed by atoms with Crippen LogP contribution in [0.1, 0.15) is 44.0 Å². The van der Waals surface area contributed by atoms with Crippen molar-refractivity contribution >= 4 is 15.7 Å². The van der Waals surface area contributed by atoms with Gasteiger partial charge in [0.15, 0.2) is 5.65 Å². The molecule has 1 aromatic carbocycles. The molecule has 1 N–H and O–H groups in total. The van der Waals surface area contributed by atoms with E-state index in [1.54, 1.807) is 16.6 Å². The van der Waals surface area contributed by atoms with Gasteiger partial charge in [-0.25, -0.2) is 22.6 Å². The molecule has 0 atom stereocenters. The maximum Gasteiger partial charge on any atom is 0.240 e. The molecule has 0 fully saturated rings. The van der Waals surface area contributed by atoms with Gasteiger partial charge in [0, 0.05) is 25.0 Å². The van der Waals surface area contributed by atoms with Crippen LogP contribution < -0.4 is 4.72 Å². The fourth-order valence-electron chi connectivity index (χ4n) is 2.88. The Morgan fingerprint density at radius 2 is 1.85 bits per heavy atom. The largest absolute Gasteiger partial charge is 0.240 e. The molecule has 0 aliphatic carbocycles. The summed E-state index contributed by atoms with van der Waals surface area (Å²) in [6, 6.07) is 9.01. The van der Waals surface area contributed by atoms with Crippen LogP contribution in [0.3, 0.4) is 0 Å².